The average Bonchev–Trinajstić information content (AvgIpc) is 2.90. The number of halogens is 1. The van der Waals surface area contributed by atoms with Crippen molar-refractivity contribution in [2.45, 2.75) is 6.92 Å². The number of carbonyl (C=O) groups is 3. The van der Waals surface area contributed by atoms with Crippen LogP contribution in [-0.4, -0.2) is 17.7 Å². The van der Waals surface area contributed by atoms with Crippen molar-refractivity contribution in [3.63, 3.8) is 0 Å². The van der Waals surface area contributed by atoms with Crippen LogP contribution in [0.25, 0.3) is 16.3 Å². The molecule has 0 aliphatic carbocycles. The zero-order chi connectivity index (χ0) is 19.8. The highest BCUT2D eigenvalue weighted by Crippen LogP contribution is 2.37. The number of amides is 3. The summed E-state index contributed by atoms with van der Waals surface area (Å²) >= 11 is 6.28. The molecule has 5 nitrogen and oxygen atoms in total. The molecule has 28 heavy (non-hydrogen) atoms. The maximum absolute atomic E-state index is 13.1. The number of hydrogen-bond donors (Lipinski definition) is 1. The van der Waals surface area contributed by atoms with E-state index in [-0.39, 0.29) is 16.5 Å². The Bertz CT molecular complexity index is 1160. The van der Waals surface area contributed by atoms with E-state index in [0.717, 1.165) is 15.7 Å². The van der Waals surface area contributed by atoms with Crippen molar-refractivity contribution in [1.82, 2.24) is 0 Å². The summed E-state index contributed by atoms with van der Waals surface area (Å²) in [4.78, 5) is 38.2. The predicted molar refractivity (Wildman–Crippen MR) is 110 cm³/mol. The fourth-order valence-electron chi connectivity index (χ4n) is 3.30. The maximum Gasteiger partial charge on any atom is 0.277 e. The quantitative estimate of drug-likeness (QED) is 0.677. The average molecular weight is 391 g/mol. The fraction of sp³-hybridized carbons (Fsp3) is 0.0455. The van der Waals surface area contributed by atoms with Crippen LogP contribution in [0.15, 0.2) is 71.8 Å². The van der Waals surface area contributed by atoms with Crippen molar-refractivity contribution in [2.75, 3.05) is 10.2 Å². The molecule has 138 valence electrons. The molecule has 4 rings (SSSR count). The number of anilines is 2. The maximum atomic E-state index is 13.1. The van der Waals surface area contributed by atoms with E-state index < -0.39 is 11.8 Å². The molecule has 1 heterocycles. The van der Waals surface area contributed by atoms with Crippen LogP contribution in [-0.2, 0) is 14.4 Å². The van der Waals surface area contributed by atoms with Gasteiger partial charge in [0.25, 0.3) is 11.8 Å². The van der Waals surface area contributed by atoms with E-state index in [9.17, 15) is 14.4 Å². The molecule has 0 unspecified atom stereocenters. The summed E-state index contributed by atoms with van der Waals surface area (Å²) in [6.07, 6.45) is 0. The van der Waals surface area contributed by atoms with Gasteiger partial charge in [-0.1, -0.05) is 60.1 Å². The monoisotopic (exact) mass is 390 g/mol. The number of imide groups is 1. The predicted octanol–water partition coefficient (Wildman–Crippen LogP) is 4.32. The second-order valence-electron chi connectivity index (χ2n) is 6.39. The zero-order valence-corrected chi connectivity index (χ0v) is 15.7. The SMILES string of the molecule is CC(=O)Nc1ccc(C2=C(Cl)C(=O)N(c3cccc4ccccc34)C2=O)cc1. The highest BCUT2D eigenvalue weighted by molar-refractivity contribution is 6.60. The first-order valence-electron chi connectivity index (χ1n) is 8.61. The number of benzene rings is 3. The Hall–Kier alpha value is -3.44. The molecule has 0 aromatic heterocycles. The van der Waals surface area contributed by atoms with Gasteiger partial charge in [-0.05, 0) is 29.1 Å². The van der Waals surface area contributed by atoms with E-state index >= 15 is 0 Å². The Labute approximate surface area is 166 Å². The van der Waals surface area contributed by atoms with Gasteiger partial charge < -0.3 is 5.32 Å². The van der Waals surface area contributed by atoms with E-state index in [4.69, 9.17) is 11.6 Å². The highest BCUT2D eigenvalue weighted by Gasteiger charge is 2.39. The van der Waals surface area contributed by atoms with Crippen LogP contribution in [0.4, 0.5) is 11.4 Å². The highest BCUT2D eigenvalue weighted by atomic mass is 35.5. The molecule has 1 N–H and O–H groups in total. The first kappa shape index (κ1) is 17.9. The lowest BCUT2D eigenvalue weighted by atomic mass is 10.1. The van der Waals surface area contributed by atoms with Crippen LogP contribution in [0.3, 0.4) is 0 Å². The molecule has 3 aromatic rings. The van der Waals surface area contributed by atoms with Crippen LogP contribution < -0.4 is 10.2 Å². The summed E-state index contributed by atoms with van der Waals surface area (Å²) in [5.41, 5.74) is 1.75. The molecule has 3 amide bonds. The van der Waals surface area contributed by atoms with Crippen LogP contribution >= 0.6 is 11.6 Å². The molecule has 6 heteroatoms. The van der Waals surface area contributed by atoms with Gasteiger partial charge in [-0.2, -0.15) is 0 Å². The molecular formula is C22H15ClN2O3. The van der Waals surface area contributed by atoms with Gasteiger partial charge in [0.1, 0.15) is 5.03 Å². The second kappa shape index (κ2) is 6.94. The van der Waals surface area contributed by atoms with E-state index in [0.29, 0.717) is 16.9 Å². The van der Waals surface area contributed by atoms with E-state index in [1.54, 1.807) is 36.4 Å². The summed E-state index contributed by atoms with van der Waals surface area (Å²) in [5.74, 6) is -1.22. The van der Waals surface area contributed by atoms with Crippen LogP contribution in [0.5, 0.6) is 0 Å². The van der Waals surface area contributed by atoms with Crippen molar-refractivity contribution >= 4 is 57.0 Å². The van der Waals surface area contributed by atoms with Crippen molar-refractivity contribution in [1.29, 1.82) is 0 Å². The summed E-state index contributed by atoms with van der Waals surface area (Å²) in [7, 11) is 0. The Kier molecular flexibility index (Phi) is 4.45. The molecule has 0 saturated carbocycles. The van der Waals surface area contributed by atoms with Gasteiger partial charge in [0.15, 0.2) is 0 Å². The van der Waals surface area contributed by atoms with Gasteiger partial charge in [0.2, 0.25) is 5.91 Å². The Balaban J connectivity index is 1.75. The molecular weight excluding hydrogens is 376 g/mol. The second-order valence-corrected chi connectivity index (χ2v) is 6.77. The number of hydrogen-bond acceptors (Lipinski definition) is 3. The van der Waals surface area contributed by atoms with Crippen LogP contribution in [0.2, 0.25) is 0 Å². The zero-order valence-electron chi connectivity index (χ0n) is 14.9. The smallest absolute Gasteiger partial charge is 0.277 e. The van der Waals surface area contributed by atoms with Gasteiger partial charge in [0.05, 0.1) is 11.3 Å². The third kappa shape index (κ3) is 2.96. The van der Waals surface area contributed by atoms with E-state index in [2.05, 4.69) is 5.32 Å². The van der Waals surface area contributed by atoms with Crippen molar-refractivity contribution in [3.05, 3.63) is 77.3 Å². The van der Waals surface area contributed by atoms with Gasteiger partial charge >= 0.3 is 0 Å². The number of nitrogens with one attached hydrogen (secondary N) is 1. The number of carbonyl (C=O) groups excluding carboxylic acids is 3. The van der Waals surface area contributed by atoms with E-state index in [1.807, 2.05) is 30.3 Å². The fourth-order valence-corrected chi connectivity index (χ4v) is 3.57. The molecule has 0 atom stereocenters. The summed E-state index contributed by atoms with van der Waals surface area (Å²) in [6, 6.07) is 19.6. The third-order valence-corrected chi connectivity index (χ3v) is 4.88. The lowest BCUT2D eigenvalue weighted by Crippen LogP contribution is -2.31. The van der Waals surface area contributed by atoms with Crippen LogP contribution in [0, 0.1) is 0 Å². The topological polar surface area (TPSA) is 66.5 Å². The first-order chi connectivity index (χ1) is 13.5. The molecule has 3 aromatic carbocycles. The molecule has 1 aliphatic heterocycles. The third-order valence-electron chi connectivity index (χ3n) is 4.53. The normalized spacial score (nSPS) is 14.1. The minimum absolute atomic E-state index is 0.120. The summed E-state index contributed by atoms with van der Waals surface area (Å²) in [6.45, 7) is 1.41. The number of fused-ring (bicyclic) bond motifs is 1. The summed E-state index contributed by atoms with van der Waals surface area (Å²) in [5, 5.41) is 4.25. The number of nitrogens with zero attached hydrogens (tertiary/aromatic N) is 1. The van der Waals surface area contributed by atoms with Crippen molar-refractivity contribution < 1.29 is 14.4 Å². The van der Waals surface area contributed by atoms with Crippen molar-refractivity contribution in [3.8, 4) is 0 Å². The van der Waals surface area contributed by atoms with Crippen LogP contribution in [0.1, 0.15) is 12.5 Å². The Morgan fingerprint density at radius 2 is 1.57 bits per heavy atom. The number of rotatable bonds is 3. The van der Waals surface area contributed by atoms with Gasteiger partial charge in [-0.25, -0.2) is 4.90 Å². The largest absolute Gasteiger partial charge is 0.326 e. The minimum atomic E-state index is -0.552. The molecule has 0 bridgehead atoms. The molecule has 0 radical (unpaired) electrons. The molecule has 0 saturated heterocycles. The van der Waals surface area contributed by atoms with Gasteiger partial charge in [0, 0.05) is 18.0 Å². The van der Waals surface area contributed by atoms with Crippen molar-refractivity contribution in [2.24, 2.45) is 0 Å². The lowest BCUT2D eigenvalue weighted by molar-refractivity contribution is -0.120. The van der Waals surface area contributed by atoms with Gasteiger partial charge in [-0.3, -0.25) is 14.4 Å². The van der Waals surface area contributed by atoms with Gasteiger partial charge in [-0.15, -0.1) is 0 Å². The standard InChI is InChI=1S/C22H15ClN2O3/c1-13(26)24-16-11-9-15(10-12-16)19-20(23)22(28)25(21(19)27)18-8-4-6-14-5-2-3-7-17(14)18/h2-12H,1H3,(H,24,26). The molecule has 1 aliphatic rings. The Morgan fingerprint density at radius 3 is 2.29 bits per heavy atom. The first-order valence-corrected chi connectivity index (χ1v) is 8.99. The van der Waals surface area contributed by atoms with E-state index in [1.165, 1.54) is 6.92 Å². The molecule has 0 spiro atoms. The minimum Gasteiger partial charge on any atom is -0.326 e. The molecule has 0 fully saturated rings. The lowest BCUT2D eigenvalue weighted by Gasteiger charge is -2.17. The Morgan fingerprint density at radius 1 is 0.893 bits per heavy atom. The summed E-state index contributed by atoms with van der Waals surface area (Å²) < 4.78 is 0.